The first-order valence-electron chi connectivity index (χ1n) is 4.47. The van der Waals surface area contributed by atoms with E-state index in [4.69, 9.17) is 11.1 Å². The Bertz CT molecular complexity index is 523. The zero-order valence-electron chi connectivity index (χ0n) is 8.20. The Labute approximate surface area is 105 Å². The molecule has 0 atom stereocenters. The van der Waals surface area contributed by atoms with Gasteiger partial charge in [0.25, 0.3) is 0 Å². The molecule has 0 saturated heterocycles. The predicted molar refractivity (Wildman–Crippen MR) is 70.8 cm³/mol. The van der Waals surface area contributed by atoms with Gasteiger partial charge in [0.05, 0.1) is 5.69 Å². The number of rotatable bonds is 2. The van der Waals surface area contributed by atoms with Gasteiger partial charge in [0.1, 0.15) is 0 Å². The van der Waals surface area contributed by atoms with Gasteiger partial charge in [0, 0.05) is 15.4 Å². The minimum Gasteiger partial charge on any atom is -0.370 e. The average Bonchev–Trinajstić information content (AvgIpc) is 2.65. The molecule has 4 nitrogen and oxygen atoms in total. The Balaban J connectivity index is 2.28. The van der Waals surface area contributed by atoms with Crippen molar-refractivity contribution in [3.63, 3.8) is 0 Å². The lowest BCUT2D eigenvalue weighted by molar-refractivity contribution is 1.35. The van der Waals surface area contributed by atoms with Crippen molar-refractivity contribution in [1.82, 2.24) is 4.98 Å². The van der Waals surface area contributed by atoms with E-state index in [1.54, 1.807) is 0 Å². The van der Waals surface area contributed by atoms with Crippen molar-refractivity contribution in [2.24, 2.45) is 5.73 Å². The zero-order valence-corrected chi connectivity index (χ0v) is 10.6. The number of nitrogens with one attached hydrogen (secondary N) is 2. The molecule has 0 aliphatic heterocycles. The second-order valence-corrected chi connectivity index (χ2v) is 4.86. The van der Waals surface area contributed by atoms with Crippen LogP contribution in [0.1, 0.15) is 0 Å². The number of benzene rings is 1. The summed E-state index contributed by atoms with van der Waals surface area (Å²) in [6, 6.07) is 7.89. The second-order valence-electron chi connectivity index (χ2n) is 3.09. The monoisotopic (exact) mass is 296 g/mol. The van der Waals surface area contributed by atoms with Gasteiger partial charge >= 0.3 is 0 Å². The molecule has 0 saturated carbocycles. The maximum Gasteiger partial charge on any atom is 0.192 e. The number of aromatic nitrogens is 1. The number of nitrogens with two attached hydrogens (primary N) is 1. The Morgan fingerprint density at radius 1 is 1.50 bits per heavy atom. The van der Waals surface area contributed by atoms with Gasteiger partial charge in [-0.25, -0.2) is 4.98 Å². The van der Waals surface area contributed by atoms with Gasteiger partial charge in [0.2, 0.25) is 0 Å². The summed E-state index contributed by atoms with van der Waals surface area (Å²) in [5.41, 5.74) is 7.13. The number of anilines is 1. The number of halogens is 1. The quantitative estimate of drug-likeness (QED) is 0.589. The summed E-state index contributed by atoms with van der Waals surface area (Å²) in [6.07, 6.45) is 0. The molecule has 0 amide bonds. The van der Waals surface area contributed by atoms with Crippen molar-refractivity contribution in [3.05, 3.63) is 34.1 Å². The molecule has 16 heavy (non-hydrogen) atoms. The van der Waals surface area contributed by atoms with Gasteiger partial charge in [-0.15, -0.1) is 11.3 Å². The SMILES string of the molecule is N=C(N)Nc1nc(-c2cccc(Br)c2)cs1. The number of thiazole rings is 1. The fourth-order valence-electron chi connectivity index (χ4n) is 1.23. The first-order chi connectivity index (χ1) is 7.65. The molecule has 6 heteroatoms. The molecule has 0 bridgehead atoms. The van der Waals surface area contributed by atoms with E-state index in [1.807, 2.05) is 29.6 Å². The highest BCUT2D eigenvalue weighted by Crippen LogP contribution is 2.26. The molecule has 0 radical (unpaired) electrons. The van der Waals surface area contributed by atoms with Crippen LogP contribution >= 0.6 is 27.3 Å². The molecule has 2 rings (SSSR count). The summed E-state index contributed by atoms with van der Waals surface area (Å²) in [7, 11) is 0. The average molecular weight is 297 g/mol. The maximum atomic E-state index is 7.11. The largest absolute Gasteiger partial charge is 0.370 e. The van der Waals surface area contributed by atoms with Crippen LogP contribution in [0.15, 0.2) is 34.1 Å². The zero-order chi connectivity index (χ0) is 11.5. The maximum absolute atomic E-state index is 7.11. The Morgan fingerprint density at radius 3 is 3.00 bits per heavy atom. The van der Waals surface area contributed by atoms with Crippen LogP contribution < -0.4 is 11.1 Å². The van der Waals surface area contributed by atoms with Crippen LogP contribution in [0.4, 0.5) is 5.13 Å². The molecule has 2 aromatic rings. The van der Waals surface area contributed by atoms with Crippen LogP contribution in [-0.2, 0) is 0 Å². The van der Waals surface area contributed by atoms with Gasteiger partial charge in [-0.1, -0.05) is 28.1 Å². The molecule has 4 N–H and O–H groups in total. The van der Waals surface area contributed by atoms with Crippen molar-refractivity contribution in [1.29, 1.82) is 5.41 Å². The van der Waals surface area contributed by atoms with Crippen molar-refractivity contribution in [3.8, 4) is 11.3 Å². The van der Waals surface area contributed by atoms with E-state index in [9.17, 15) is 0 Å². The van der Waals surface area contributed by atoms with Gasteiger partial charge in [-0.2, -0.15) is 0 Å². The summed E-state index contributed by atoms with van der Waals surface area (Å²) >= 11 is 4.83. The molecule has 0 spiro atoms. The summed E-state index contributed by atoms with van der Waals surface area (Å²) in [6.45, 7) is 0. The topological polar surface area (TPSA) is 74.8 Å². The van der Waals surface area contributed by atoms with Gasteiger partial charge in [-0.05, 0) is 12.1 Å². The van der Waals surface area contributed by atoms with Crippen molar-refractivity contribution >= 4 is 38.4 Å². The summed E-state index contributed by atoms with van der Waals surface area (Å²) in [4.78, 5) is 4.33. The summed E-state index contributed by atoms with van der Waals surface area (Å²) in [5.74, 6) is -0.102. The fourth-order valence-corrected chi connectivity index (χ4v) is 2.36. The van der Waals surface area contributed by atoms with Crippen molar-refractivity contribution in [2.45, 2.75) is 0 Å². The van der Waals surface area contributed by atoms with Crippen molar-refractivity contribution < 1.29 is 0 Å². The van der Waals surface area contributed by atoms with E-state index in [2.05, 4.69) is 26.2 Å². The normalized spacial score (nSPS) is 10.1. The van der Waals surface area contributed by atoms with E-state index in [0.717, 1.165) is 15.7 Å². The molecular formula is C10H9BrN4S. The molecule has 1 aromatic carbocycles. The molecule has 82 valence electrons. The first-order valence-corrected chi connectivity index (χ1v) is 6.15. The fraction of sp³-hybridized carbons (Fsp3) is 0. The Morgan fingerprint density at radius 2 is 2.31 bits per heavy atom. The highest BCUT2D eigenvalue weighted by Gasteiger charge is 2.04. The lowest BCUT2D eigenvalue weighted by Crippen LogP contribution is -2.20. The molecule has 0 fully saturated rings. The van der Waals surface area contributed by atoms with Crippen LogP contribution in [0.5, 0.6) is 0 Å². The van der Waals surface area contributed by atoms with Gasteiger partial charge < -0.3 is 11.1 Å². The Hall–Kier alpha value is -1.40. The van der Waals surface area contributed by atoms with E-state index < -0.39 is 0 Å². The summed E-state index contributed by atoms with van der Waals surface area (Å²) < 4.78 is 1.01. The van der Waals surface area contributed by atoms with Gasteiger partial charge in [-0.3, -0.25) is 5.41 Å². The lowest BCUT2D eigenvalue weighted by atomic mass is 10.2. The minimum atomic E-state index is -0.102. The lowest BCUT2D eigenvalue weighted by Gasteiger charge is -1.98. The van der Waals surface area contributed by atoms with Crippen molar-refractivity contribution in [2.75, 3.05) is 5.32 Å². The molecule has 1 heterocycles. The number of hydrogen-bond acceptors (Lipinski definition) is 3. The first kappa shape index (κ1) is 11.1. The molecule has 0 unspecified atom stereocenters. The van der Waals surface area contributed by atoms with E-state index in [0.29, 0.717) is 5.13 Å². The number of guanidine groups is 1. The standard InChI is InChI=1S/C10H9BrN4S/c11-7-3-1-2-6(4-7)8-5-16-10(14-8)15-9(12)13/h1-5H,(H4,12,13,14,15). The van der Waals surface area contributed by atoms with Crippen LogP contribution in [0.3, 0.4) is 0 Å². The number of hydrogen-bond donors (Lipinski definition) is 3. The second kappa shape index (κ2) is 4.63. The third-order valence-corrected chi connectivity index (χ3v) is 3.12. The Kier molecular flexibility index (Phi) is 3.21. The van der Waals surface area contributed by atoms with Gasteiger partial charge in [0.15, 0.2) is 11.1 Å². The van der Waals surface area contributed by atoms with E-state index >= 15 is 0 Å². The number of nitrogens with zero attached hydrogens (tertiary/aromatic N) is 1. The molecular weight excluding hydrogens is 288 g/mol. The minimum absolute atomic E-state index is 0.102. The molecule has 0 aliphatic rings. The third kappa shape index (κ3) is 2.59. The molecule has 0 aliphatic carbocycles. The smallest absolute Gasteiger partial charge is 0.192 e. The molecule has 1 aromatic heterocycles. The predicted octanol–water partition coefficient (Wildman–Crippen LogP) is 2.88. The van der Waals surface area contributed by atoms with E-state index in [1.165, 1.54) is 11.3 Å². The highest BCUT2D eigenvalue weighted by atomic mass is 79.9. The highest BCUT2D eigenvalue weighted by molar-refractivity contribution is 9.10. The van der Waals surface area contributed by atoms with E-state index in [-0.39, 0.29) is 5.96 Å². The van der Waals surface area contributed by atoms with Crippen LogP contribution in [0, 0.1) is 5.41 Å². The summed E-state index contributed by atoms with van der Waals surface area (Å²) in [5, 5.41) is 12.3. The van der Waals surface area contributed by atoms with Crippen LogP contribution in [0.25, 0.3) is 11.3 Å². The third-order valence-electron chi connectivity index (χ3n) is 1.87. The van der Waals surface area contributed by atoms with Crippen LogP contribution in [0.2, 0.25) is 0 Å². The van der Waals surface area contributed by atoms with Crippen LogP contribution in [-0.4, -0.2) is 10.9 Å².